The number of carbonyl (C=O) groups excluding carboxylic acids is 2. The van der Waals surface area contributed by atoms with Crippen LogP contribution in [0.1, 0.15) is 15.9 Å². The minimum atomic E-state index is -0.460. The van der Waals surface area contributed by atoms with Crippen molar-refractivity contribution in [2.75, 3.05) is 20.8 Å². The molecule has 2 aromatic rings. The van der Waals surface area contributed by atoms with Gasteiger partial charge in [-0.05, 0) is 35.9 Å². The first kappa shape index (κ1) is 18.2. The quantitative estimate of drug-likeness (QED) is 0.620. The number of benzene rings is 2. The van der Waals surface area contributed by atoms with Crippen molar-refractivity contribution in [1.82, 2.24) is 5.32 Å². The van der Waals surface area contributed by atoms with Crippen LogP contribution in [0.2, 0.25) is 0 Å². The van der Waals surface area contributed by atoms with Gasteiger partial charge in [-0.2, -0.15) is 0 Å². The molecule has 0 spiro atoms. The number of amides is 1. The van der Waals surface area contributed by atoms with Crippen LogP contribution in [0.25, 0.3) is 6.08 Å². The van der Waals surface area contributed by atoms with Gasteiger partial charge in [0.05, 0.1) is 7.11 Å². The van der Waals surface area contributed by atoms with Gasteiger partial charge in [-0.25, -0.2) is 4.39 Å². The molecule has 0 saturated heterocycles. The number of methoxy groups -OCH3 is 1. The van der Waals surface area contributed by atoms with E-state index in [0.717, 1.165) is 0 Å². The third kappa shape index (κ3) is 5.17. The fraction of sp³-hybridized carbons (Fsp3) is 0.158. The Kier molecular flexibility index (Phi) is 6.28. The van der Waals surface area contributed by atoms with Crippen molar-refractivity contribution in [3.8, 4) is 11.5 Å². The lowest BCUT2D eigenvalue weighted by molar-refractivity contribution is -0.122. The second-order valence-electron chi connectivity index (χ2n) is 5.08. The van der Waals surface area contributed by atoms with Crippen LogP contribution in [0.4, 0.5) is 4.39 Å². The second-order valence-corrected chi connectivity index (χ2v) is 5.08. The van der Waals surface area contributed by atoms with E-state index in [2.05, 4.69) is 5.32 Å². The number of carbonyl (C=O) groups is 2. The number of likely N-dealkylation sites (N-methyl/N-ethyl adjacent to an activating group) is 1. The van der Waals surface area contributed by atoms with Crippen molar-refractivity contribution in [3.05, 3.63) is 65.5 Å². The summed E-state index contributed by atoms with van der Waals surface area (Å²) in [6.07, 6.45) is 2.95. The second kappa shape index (κ2) is 8.63. The number of ketones is 1. The van der Waals surface area contributed by atoms with Gasteiger partial charge in [-0.1, -0.05) is 24.3 Å². The molecule has 6 heteroatoms. The molecule has 0 fully saturated rings. The molecular weight excluding hydrogens is 325 g/mol. The number of halogens is 1. The molecule has 0 aliphatic carbocycles. The highest BCUT2D eigenvalue weighted by atomic mass is 19.1. The summed E-state index contributed by atoms with van der Waals surface area (Å²) < 4.78 is 23.8. The molecule has 1 N–H and O–H groups in total. The third-order valence-corrected chi connectivity index (χ3v) is 3.36. The Bertz CT molecular complexity index is 802. The monoisotopic (exact) mass is 343 g/mol. The zero-order valence-corrected chi connectivity index (χ0v) is 13.9. The molecule has 130 valence electrons. The maximum absolute atomic E-state index is 13.2. The van der Waals surface area contributed by atoms with Gasteiger partial charge in [0.25, 0.3) is 5.91 Å². The summed E-state index contributed by atoms with van der Waals surface area (Å²) in [7, 11) is 3.00. The van der Waals surface area contributed by atoms with Crippen molar-refractivity contribution in [2.45, 2.75) is 0 Å². The highest BCUT2D eigenvalue weighted by molar-refractivity contribution is 6.06. The third-order valence-electron chi connectivity index (χ3n) is 3.36. The zero-order valence-electron chi connectivity index (χ0n) is 13.9. The minimum absolute atomic E-state index is 0.125. The Morgan fingerprint density at radius 2 is 1.96 bits per heavy atom. The van der Waals surface area contributed by atoms with Gasteiger partial charge >= 0.3 is 0 Å². The van der Waals surface area contributed by atoms with Gasteiger partial charge < -0.3 is 14.8 Å². The molecule has 2 aromatic carbocycles. The number of rotatable bonds is 7. The van der Waals surface area contributed by atoms with Crippen LogP contribution in [0.5, 0.6) is 11.5 Å². The van der Waals surface area contributed by atoms with Gasteiger partial charge in [0.15, 0.2) is 23.9 Å². The Balaban J connectivity index is 2.11. The van der Waals surface area contributed by atoms with Crippen molar-refractivity contribution in [1.29, 1.82) is 0 Å². The molecule has 25 heavy (non-hydrogen) atoms. The molecule has 0 unspecified atom stereocenters. The smallest absolute Gasteiger partial charge is 0.257 e. The lowest BCUT2D eigenvalue weighted by atomic mass is 10.1. The fourth-order valence-corrected chi connectivity index (χ4v) is 2.03. The van der Waals surface area contributed by atoms with Gasteiger partial charge in [-0.3, -0.25) is 9.59 Å². The highest BCUT2D eigenvalue weighted by Crippen LogP contribution is 2.28. The first-order valence-electron chi connectivity index (χ1n) is 7.53. The van der Waals surface area contributed by atoms with E-state index in [1.807, 2.05) is 0 Å². The van der Waals surface area contributed by atoms with E-state index in [0.29, 0.717) is 17.1 Å². The van der Waals surface area contributed by atoms with Gasteiger partial charge in [0.1, 0.15) is 5.82 Å². The largest absolute Gasteiger partial charge is 0.493 e. The predicted octanol–water partition coefficient (Wildman–Crippen LogP) is 2.86. The number of hydrogen-bond donors (Lipinski definition) is 1. The van der Waals surface area contributed by atoms with E-state index in [4.69, 9.17) is 9.47 Å². The normalized spacial score (nSPS) is 10.5. The number of ether oxygens (including phenoxy) is 2. The van der Waals surface area contributed by atoms with E-state index in [1.54, 1.807) is 30.3 Å². The summed E-state index contributed by atoms with van der Waals surface area (Å²) in [5, 5.41) is 2.46. The van der Waals surface area contributed by atoms with E-state index in [1.165, 1.54) is 38.4 Å². The molecule has 0 heterocycles. The molecule has 2 rings (SSSR count). The van der Waals surface area contributed by atoms with Crippen LogP contribution >= 0.6 is 0 Å². The van der Waals surface area contributed by atoms with Crippen LogP contribution < -0.4 is 14.8 Å². The molecule has 0 aliphatic heterocycles. The number of allylic oxidation sites excluding steroid dienone is 1. The maximum Gasteiger partial charge on any atom is 0.257 e. The molecule has 0 atom stereocenters. The average molecular weight is 343 g/mol. The predicted molar refractivity (Wildman–Crippen MR) is 92.3 cm³/mol. The lowest BCUT2D eigenvalue weighted by Crippen LogP contribution is -2.24. The molecule has 0 saturated carbocycles. The van der Waals surface area contributed by atoms with Gasteiger partial charge in [0, 0.05) is 12.6 Å². The Labute approximate surface area is 145 Å². The topological polar surface area (TPSA) is 64.6 Å². The summed E-state index contributed by atoms with van der Waals surface area (Å²) in [5.74, 6) is -0.173. The van der Waals surface area contributed by atoms with Crippen molar-refractivity contribution in [3.63, 3.8) is 0 Å². The van der Waals surface area contributed by atoms with Crippen LogP contribution in [-0.4, -0.2) is 32.5 Å². The molecule has 0 radical (unpaired) electrons. The standard InChI is InChI=1S/C19H18FNO4/c1-21-19(23)12-25-17-9-7-13(10-18(17)24-2)6-8-16(22)14-4-3-5-15(20)11-14/h3-11H,12H2,1-2H3,(H,21,23)/b8-6+. The van der Waals surface area contributed by atoms with Gasteiger partial charge in [0.2, 0.25) is 0 Å². The maximum atomic E-state index is 13.2. The van der Waals surface area contributed by atoms with Crippen LogP contribution in [0.3, 0.4) is 0 Å². The molecule has 5 nitrogen and oxygen atoms in total. The lowest BCUT2D eigenvalue weighted by Gasteiger charge is -2.10. The summed E-state index contributed by atoms with van der Waals surface area (Å²) >= 11 is 0. The van der Waals surface area contributed by atoms with Crippen LogP contribution in [0, 0.1) is 5.82 Å². The summed E-state index contributed by atoms with van der Waals surface area (Å²) in [4.78, 5) is 23.3. The van der Waals surface area contributed by atoms with E-state index >= 15 is 0 Å². The van der Waals surface area contributed by atoms with E-state index in [9.17, 15) is 14.0 Å². The first-order valence-corrected chi connectivity index (χ1v) is 7.53. The molecular formula is C19H18FNO4. The summed E-state index contributed by atoms with van der Waals surface area (Å²) in [5.41, 5.74) is 0.975. The van der Waals surface area contributed by atoms with Crippen LogP contribution in [-0.2, 0) is 4.79 Å². The van der Waals surface area contributed by atoms with E-state index < -0.39 is 5.82 Å². The molecule has 0 aromatic heterocycles. The average Bonchev–Trinajstić information content (AvgIpc) is 2.64. The van der Waals surface area contributed by atoms with Crippen molar-refractivity contribution in [2.24, 2.45) is 0 Å². The van der Waals surface area contributed by atoms with Crippen LogP contribution in [0.15, 0.2) is 48.5 Å². The first-order chi connectivity index (χ1) is 12.0. The summed E-state index contributed by atoms with van der Waals surface area (Å²) in [6.45, 7) is -0.125. The Hall–Kier alpha value is -3.15. The zero-order chi connectivity index (χ0) is 18.2. The van der Waals surface area contributed by atoms with Crippen molar-refractivity contribution >= 4 is 17.8 Å². The van der Waals surface area contributed by atoms with E-state index in [-0.39, 0.29) is 23.9 Å². The fourth-order valence-electron chi connectivity index (χ4n) is 2.03. The summed E-state index contributed by atoms with van der Waals surface area (Å²) in [6, 6.07) is 10.5. The minimum Gasteiger partial charge on any atom is -0.493 e. The molecule has 0 aliphatic rings. The molecule has 1 amide bonds. The Morgan fingerprint density at radius 3 is 2.64 bits per heavy atom. The molecule has 0 bridgehead atoms. The number of hydrogen-bond acceptors (Lipinski definition) is 4. The Morgan fingerprint density at radius 1 is 1.16 bits per heavy atom. The number of nitrogens with one attached hydrogen (secondary N) is 1. The SMILES string of the molecule is CNC(=O)COc1ccc(/C=C/C(=O)c2cccc(F)c2)cc1OC. The van der Waals surface area contributed by atoms with Gasteiger partial charge in [-0.15, -0.1) is 0 Å². The highest BCUT2D eigenvalue weighted by Gasteiger charge is 2.08. The van der Waals surface area contributed by atoms with Crippen molar-refractivity contribution < 1.29 is 23.5 Å².